The number of aromatic amines is 2. The summed E-state index contributed by atoms with van der Waals surface area (Å²) in [7, 11) is 0. The van der Waals surface area contributed by atoms with Gasteiger partial charge < -0.3 is 9.72 Å². The normalized spacial score (nSPS) is 13.8. The van der Waals surface area contributed by atoms with Gasteiger partial charge in [-0.3, -0.25) is 9.78 Å². The largest absolute Gasteiger partial charge is 0.492 e. The zero-order chi connectivity index (χ0) is 11.3. The molecule has 3 rings (SSSR count). The third kappa shape index (κ3) is 1.23. The third-order valence-corrected chi connectivity index (χ3v) is 3.23. The van der Waals surface area contributed by atoms with Crippen molar-refractivity contribution >= 4 is 26.8 Å². The molecule has 6 heteroatoms. The van der Waals surface area contributed by atoms with Gasteiger partial charge in [-0.05, 0) is 22.0 Å². The van der Waals surface area contributed by atoms with E-state index in [2.05, 4.69) is 25.9 Å². The third-order valence-electron chi connectivity index (χ3n) is 2.64. The van der Waals surface area contributed by atoms with Crippen LogP contribution in [0.5, 0.6) is 5.75 Å². The van der Waals surface area contributed by atoms with E-state index < -0.39 is 5.69 Å². The van der Waals surface area contributed by atoms with E-state index in [-0.39, 0.29) is 5.56 Å². The number of H-pyrrole nitrogens is 2. The molecule has 2 aromatic rings. The van der Waals surface area contributed by atoms with Crippen LogP contribution in [-0.2, 0) is 6.42 Å². The summed E-state index contributed by atoms with van der Waals surface area (Å²) >= 11 is 3.35. The fourth-order valence-electron chi connectivity index (χ4n) is 1.97. The van der Waals surface area contributed by atoms with E-state index in [0.717, 1.165) is 10.0 Å². The van der Waals surface area contributed by atoms with E-state index in [9.17, 15) is 9.59 Å². The van der Waals surface area contributed by atoms with Crippen molar-refractivity contribution in [2.75, 3.05) is 6.61 Å². The highest BCUT2D eigenvalue weighted by molar-refractivity contribution is 9.10. The molecule has 0 saturated carbocycles. The molecule has 0 amide bonds. The van der Waals surface area contributed by atoms with Gasteiger partial charge >= 0.3 is 5.69 Å². The zero-order valence-electron chi connectivity index (χ0n) is 8.09. The molecule has 0 aliphatic carbocycles. The van der Waals surface area contributed by atoms with Gasteiger partial charge in [-0.25, -0.2) is 4.79 Å². The van der Waals surface area contributed by atoms with Gasteiger partial charge in [0.2, 0.25) is 0 Å². The van der Waals surface area contributed by atoms with Crippen molar-refractivity contribution in [3.8, 4) is 5.75 Å². The van der Waals surface area contributed by atoms with Gasteiger partial charge in [-0.1, -0.05) is 0 Å². The molecule has 1 aromatic heterocycles. The van der Waals surface area contributed by atoms with Crippen LogP contribution in [0.2, 0.25) is 0 Å². The Kier molecular flexibility index (Phi) is 1.94. The molecule has 0 atom stereocenters. The van der Waals surface area contributed by atoms with E-state index >= 15 is 0 Å². The van der Waals surface area contributed by atoms with Crippen LogP contribution in [0.1, 0.15) is 5.56 Å². The summed E-state index contributed by atoms with van der Waals surface area (Å²) in [6, 6.07) is 1.66. The highest BCUT2D eigenvalue weighted by Gasteiger charge is 2.20. The number of ether oxygens (including phenoxy) is 1. The Bertz CT molecular complexity index is 702. The number of aromatic nitrogens is 2. The Morgan fingerprint density at radius 1 is 1.31 bits per heavy atom. The molecule has 16 heavy (non-hydrogen) atoms. The van der Waals surface area contributed by atoms with Gasteiger partial charge in [-0.15, -0.1) is 0 Å². The molecule has 0 radical (unpaired) electrons. The van der Waals surface area contributed by atoms with E-state index in [0.29, 0.717) is 29.7 Å². The van der Waals surface area contributed by atoms with Gasteiger partial charge in [0.25, 0.3) is 5.56 Å². The second-order valence-corrected chi connectivity index (χ2v) is 4.45. The standard InChI is InChI=1S/C10H7BrN2O3/c11-6-3-5-7(4-1-2-16-8(4)6)12-10(15)13-9(5)14/h3H,1-2H2,(H2,12,13,14,15). The van der Waals surface area contributed by atoms with Crippen molar-refractivity contribution < 1.29 is 4.74 Å². The van der Waals surface area contributed by atoms with E-state index in [4.69, 9.17) is 4.74 Å². The monoisotopic (exact) mass is 282 g/mol. The molecular weight excluding hydrogens is 276 g/mol. The van der Waals surface area contributed by atoms with Gasteiger partial charge in [0, 0.05) is 12.0 Å². The molecule has 0 bridgehead atoms. The van der Waals surface area contributed by atoms with E-state index in [1.807, 2.05) is 0 Å². The van der Waals surface area contributed by atoms with Crippen LogP contribution < -0.4 is 16.0 Å². The molecule has 82 valence electrons. The predicted molar refractivity (Wildman–Crippen MR) is 62.1 cm³/mol. The number of hydrogen-bond donors (Lipinski definition) is 2. The van der Waals surface area contributed by atoms with Gasteiger partial charge in [0.15, 0.2) is 0 Å². The van der Waals surface area contributed by atoms with Crippen molar-refractivity contribution in [2.45, 2.75) is 6.42 Å². The Morgan fingerprint density at radius 2 is 2.12 bits per heavy atom. The fraction of sp³-hybridized carbons (Fsp3) is 0.200. The van der Waals surface area contributed by atoms with Crippen molar-refractivity contribution in [1.29, 1.82) is 0 Å². The number of fused-ring (bicyclic) bond motifs is 3. The summed E-state index contributed by atoms with van der Waals surface area (Å²) in [6.45, 7) is 0.571. The average Bonchev–Trinajstić information content (AvgIpc) is 2.69. The SMILES string of the molecule is O=c1[nH]c(=O)c2cc(Br)c3c(c2[nH]1)CCO3. The molecule has 0 unspecified atom stereocenters. The quantitative estimate of drug-likeness (QED) is 0.754. The smallest absolute Gasteiger partial charge is 0.326 e. The first kappa shape index (κ1) is 9.65. The maximum absolute atomic E-state index is 11.6. The molecule has 0 spiro atoms. The minimum atomic E-state index is -0.492. The van der Waals surface area contributed by atoms with Gasteiger partial charge in [0.05, 0.1) is 22.0 Å². The minimum absolute atomic E-state index is 0.380. The Labute approximate surface area is 97.6 Å². The molecule has 2 heterocycles. The van der Waals surface area contributed by atoms with Crippen molar-refractivity contribution in [3.05, 3.63) is 36.9 Å². The molecule has 2 N–H and O–H groups in total. The molecule has 0 saturated heterocycles. The number of benzene rings is 1. The molecule has 5 nitrogen and oxygen atoms in total. The number of halogens is 1. The van der Waals surface area contributed by atoms with Crippen molar-refractivity contribution in [1.82, 2.24) is 9.97 Å². The lowest BCUT2D eigenvalue weighted by atomic mass is 10.1. The van der Waals surface area contributed by atoms with Crippen LogP contribution in [0.3, 0.4) is 0 Å². The molecule has 1 aliphatic heterocycles. The topological polar surface area (TPSA) is 75.0 Å². The maximum atomic E-state index is 11.6. The van der Waals surface area contributed by atoms with Crippen LogP contribution >= 0.6 is 15.9 Å². The Balaban J connectivity index is 2.58. The fourth-order valence-corrected chi connectivity index (χ4v) is 2.55. The predicted octanol–water partition coefficient (Wildman–Crippen LogP) is 0.914. The summed E-state index contributed by atoms with van der Waals surface area (Å²) in [5, 5.41) is 0.468. The van der Waals surface area contributed by atoms with E-state index in [1.54, 1.807) is 6.07 Å². The van der Waals surface area contributed by atoms with Gasteiger partial charge in [-0.2, -0.15) is 0 Å². The molecule has 0 fully saturated rings. The average molecular weight is 283 g/mol. The number of hydrogen-bond acceptors (Lipinski definition) is 3. The number of nitrogens with one attached hydrogen (secondary N) is 2. The summed E-state index contributed by atoms with van der Waals surface area (Å²) in [4.78, 5) is 27.7. The Hall–Kier alpha value is -1.56. The second kappa shape index (κ2) is 3.21. The lowest BCUT2D eigenvalue weighted by molar-refractivity contribution is 0.355. The molecular formula is C10H7BrN2O3. The lowest BCUT2D eigenvalue weighted by Gasteiger charge is -2.05. The Morgan fingerprint density at radius 3 is 2.94 bits per heavy atom. The van der Waals surface area contributed by atoms with Gasteiger partial charge in [0.1, 0.15) is 5.75 Å². The first-order valence-electron chi connectivity index (χ1n) is 4.77. The number of rotatable bonds is 0. The van der Waals surface area contributed by atoms with Crippen molar-refractivity contribution in [3.63, 3.8) is 0 Å². The second-order valence-electron chi connectivity index (χ2n) is 3.60. The van der Waals surface area contributed by atoms with Crippen molar-refractivity contribution in [2.24, 2.45) is 0 Å². The van der Waals surface area contributed by atoms with Crippen LogP contribution in [0.15, 0.2) is 20.1 Å². The lowest BCUT2D eigenvalue weighted by Crippen LogP contribution is -2.22. The van der Waals surface area contributed by atoms with Crippen LogP contribution in [0.4, 0.5) is 0 Å². The molecule has 1 aliphatic rings. The van der Waals surface area contributed by atoms with E-state index in [1.165, 1.54) is 0 Å². The van der Waals surface area contributed by atoms with Crippen LogP contribution in [-0.4, -0.2) is 16.6 Å². The summed E-state index contributed by atoms with van der Waals surface area (Å²) < 4.78 is 6.18. The summed E-state index contributed by atoms with van der Waals surface area (Å²) in [6.07, 6.45) is 0.699. The summed E-state index contributed by atoms with van der Waals surface area (Å²) in [5.41, 5.74) is 0.583. The first-order chi connectivity index (χ1) is 7.66. The first-order valence-corrected chi connectivity index (χ1v) is 5.56. The maximum Gasteiger partial charge on any atom is 0.326 e. The highest BCUT2D eigenvalue weighted by Crippen LogP contribution is 2.37. The zero-order valence-corrected chi connectivity index (χ0v) is 9.68. The summed E-state index contributed by atoms with van der Waals surface area (Å²) in [5.74, 6) is 0.716. The molecule has 1 aromatic carbocycles. The van der Waals surface area contributed by atoms with Crippen LogP contribution in [0, 0.1) is 0 Å². The van der Waals surface area contributed by atoms with Crippen LogP contribution in [0.25, 0.3) is 10.9 Å². The minimum Gasteiger partial charge on any atom is -0.492 e. The highest BCUT2D eigenvalue weighted by atomic mass is 79.9.